The highest BCUT2D eigenvalue weighted by Gasteiger charge is 2.46. The Morgan fingerprint density at radius 3 is 2.68 bits per heavy atom. The molecular weight excluding hydrogens is 376 g/mol. The zero-order valence-corrected chi connectivity index (χ0v) is 16.2. The number of carbonyl (C=O) groups excluding carboxylic acids is 1. The van der Waals surface area contributed by atoms with E-state index in [2.05, 4.69) is 27.9 Å². The van der Waals surface area contributed by atoms with E-state index < -0.39 is 0 Å². The van der Waals surface area contributed by atoms with E-state index in [0.29, 0.717) is 19.7 Å². The maximum atomic E-state index is 13.2. The summed E-state index contributed by atoms with van der Waals surface area (Å²) in [6, 6.07) is 15.8. The van der Waals surface area contributed by atoms with Crippen LogP contribution >= 0.6 is 11.6 Å². The first-order valence-corrected chi connectivity index (χ1v) is 10.1. The van der Waals surface area contributed by atoms with Crippen LogP contribution in [0.1, 0.15) is 11.6 Å². The Labute approximate surface area is 169 Å². The second-order valence-electron chi connectivity index (χ2n) is 7.55. The molecule has 0 spiro atoms. The molecule has 2 saturated heterocycles. The lowest BCUT2D eigenvalue weighted by Gasteiger charge is -2.38. The van der Waals surface area contributed by atoms with E-state index in [9.17, 15) is 4.79 Å². The molecule has 0 aliphatic carbocycles. The van der Waals surface area contributed by atoms with Gasteiger partial charge in [-0.05, 0) is 24.3 Å². The van der Waals surface area contributed by atoms with Crippen LogP contribution < -0.4 is 20.5 Å². The van der Waals surface area contributed by atoms with Crippen LogP contribution in [-0.2, 0) is 4.79 Å². The number of nitrogens with one attached hydrogen (secondary N) is 2. The largest absolute Gasteiger partial charge is 0.493 e. The van der Waals surface area contributed by atoms with Crippen molar-refractivity contribution in [1.82, 2.24) is 15.8 Å². The Balaban J connectivity index is 1.25. The SMILES string of the molecule is O=C(C1NNC2c3ccccc3OCC12)N1CCN(c2cccc(Cl)c2)CC1. The van der Waals surface area contributed by atoms with Crippen molar-refractivity contribution in [2.75, 3.05) is 37.7 Å². The second-order valence-corrected chi connectivity index (χ2v) is 7.99. The van der Waals surface area contributed by atoms with Gasteiger partial charge < -0.3 is 14.5 Å². The van der Waals surface area contributed by atoms with Gasteiger partial charge in [0.15, 0.2) is 0 Å². The number of para-hydroxylation sites is 1. The normalized spacial score (nSPS) is 26.4. The van der Waals surface area contributed by atoms with E-state index in [1.54, 1.807) is 0 Å². The Hall–Kier alpha value is -2.28. The van der Waals surface area contributed by atoms with Crippen LogP contribution in [0.5, 0.6) is 5.75 Å². The molecule has 3 unspecified atom stereocenters. The second kappa shape index (κ2) is 7.28. The molecule has 3 aliphatic heterocycles. The van der Waals surface area contributed by atoms with E-state index in [1.165, 1.54) is 0 Å². The summed E-state index contributed by atoms with van der Waals surface area (Å²) in [5.74, 6) is 1.14. The predicted octanol–water partition coefficient (Wildman–Crippen LogP) is 2.21. The van der Waals surface area contributed by atoms with Crippen molar-refractivity contribution in [3.8, 4) is 5.75 Å². The van der Waals surface area contributed by atoms with Gasteiger partial charge in [-0.25, -0.2) is 10.9 Å². The van der Waals surface area contributed by atoms with Gasteiger partial charge in [0.25, 0.3) is 0 Å². The lowest BCUT2D eigenvalue weighted by atomic mass is 9.87. The highest BCUT2D eigenvalue weighted by atomic mass is 35.5. The fourth-order valence-electron chi connectivity index (χ4n) is 4.44. The minimum atomic E-state index is -0.268. The molecule has 3 atom stereocenters. The van der Waals surface area contributed by atoms with Gasteiger partial charge in [-0.3, -0.25) is 4.79 Å². The molecular formula is C21H23ClN4O2. The van der Waals surface area contributed by atoms with Crippen LogP contribution in [0.25, 0.3) is 0 Å². The molecule has 3 aliphatic rings. The van der Waals surface area contributed by atoms with Crippen LogP contribution in [0.2, 0.25) is 5.02 Å². The number of hydrazine groups is 1. The summed E-state index contributed by atoms with van der Waals surface area (Å²) in [5.41, 5.74) is 8.78. The summed E-state index contributed by atoms with van der Waals surface area (Å²) in [5, 5.41) is 0.737. The number of nitrogens with zero attached hydrogens (tertiary/aromatic N) is 2. The molecule has 0 aromatic heterocycles. The van der Waals surface area contributed by atoms with E-state index in [4.69, 9.17) is 16.3 Å². The molecule has 146 valence electrons. The third kappa shape index (κ3) is 3.11. The molecule has 2 fully saturated rings. The van der Waals surface area contributed by atoms with Gasteiger partial charge >= 0.3 is 0 Å². The van der Waals surface area contributed by atoms with Crippen molar-refractivity contribution in [3.63, 3.8) is 0 Å². The molecule has 0 bridgehead atoms. The number of piperazine rings is 1. The number of fused-ring (bicyclic) bond motifs is 3. The molecule has 7 heteroatoms. The van der Waals surface area contributed by atoms with Crippen LogP contribution in [0, 0.1) is 5.92 Å². The number of amides is 1. The number of carbonyl (C=O) groups is 1. The van der Waals surface area contributed by atoms with E-state index in [1.807, 2.05) is 41.3 Å². The minimum Gasteiger partial charge on any atom is -0.493 e. The minimum absolute atomic E-state index is 0.0911. The predicted molar refractivity (Wildman–Crippen MR) is 108 cm³/mol. The molecule has 2 aromatic carbocycles. The summed E-state index contributed by atoms with van der Waals surface area (Å²) < 4.78 is 5.92. The summed E-state index contributed by atoms with van der Waals surface area (Å²) in [6.07, 6.45) is 0. The topological polar surface area (TPSA) is 56.8 Å². The van der Waals surface area contributed by atoms with Crippen molar-refractivity contribution in [2.24, 2.45) is 5.92 Å². The van der Waals surface area contributed by atoms with Crippen molar-refractivity contribution in [3.05, 3.63) is 59.1 Å². The number of halogens is 1. The van der Waals surface area contributed by atoms with Gasteiger partial charge in [-0.2, -0.15) is 0 Å². The van der Waals surface area contributed by atoms with E-state index >= 15 is 0 Å². The van der Waals surface area contributed by atoms with Crippen molar-refractivity contribution < 1.29 is 9.53 Å². The van der Waals surface area contributed by atoms with Crippen molar-refractivity contribution in [2.45, 2.75) is 12.1 Å². The quantitative estimate of drug-likeness (QED) is 0.812. The molecule has 28 heavy (non-hydrogen) atoms. The lowest BCUT2D eigenvalue weighted by Crippen LogP contribution is -2.55. The van der Waals surface area contributed by atoms with Crippen molar-refractivity contribution in [1.29, 1.82) is 0 Å². The van der Waals surface area contributed by atoms with Crippen LogP contribution in [0.4, 0.5) is 5.69 Å². The Kier molecular flexibility index (Phi) is 4.62. The van der Waals surface area contributed by atoms with Crippen molar-refractivity contribution >= 4 is 23.2 Å². The molecule has 0 saturated carbocycles. The molecule has 0 radical (unpaired) electrons. The molecule has 5 rings (SSSR count). The third-order valence-corrected chi connectivity index (χ3v) is 6.20. The zero-order valence-electron chi connectivity index (χ0n) is 15.5. The van der Waals surface area contributed by atoms with Gasteiger partial charge in [0.2, 0.25) is 5.91 Å². The summed E-state index contributed by atoms with van der Waals surface area (Å²) in [7, 11) is 0. The zero-order chi connectivity index (χ0) is 19.1. The van der Waals surface area contributed by atoms with Crippen LogP contribution in [0.15, 0.2) is 48.5 Å². The van der Waals surface area contributed by atoms with E-state index in [0.717, 1.165) is 35.1 Å². The van der Waals surface area contributed by atoms with Gasteiger partial charge in [-0.1, -0.05) is 35.9 Å². The van der Waals surface area contributed by atoms with Crippen LogP contribution in [0.3, 0.4) is 0 Å². The Morgan fingerprint density at radius 2 is 1.86 bits per heavy atom. The summed E-state index contributed by atoms with van der Waals surface area (Å²) in [4.78, 5) is 17.4. The van der Waals surface area contributed by atoms with Gasteiger partial charge in [0.1, 0.15) is 11.8 Å². The molecule has 3 heterocycles. The van der Waals surface area contributed by atoms with Gasteiger partial charge in [0, 0.05) is 48.4 Å². The van der Waals surface area contributed by atoms with Gasteiger partial charge in [-0.15, -0.1) is 0 Å². The molecule has 2 N–H and O–H groups in total. The molecule has 2 aromatic rings. The average molecular weight is 399 g/mol. The van der Waals surface area contributed by atoms with E-state index in [-0.39, 0.29) is 23.9 Å². The lowest BCUT2D eigenvalue weighted by molar-refractivity contribution is -0.134. The first-order chi connectivity index (χ1) is 13.7. The number of ether oxygens (including phenoxy) is 1. The number of hydrogen-bond acceptors (Lipinski definition) is 5. The molecule has 6 nitrogen and oxygen atoms in total. The first kappa shape index (κ1) is 17.8. The highest BCUT2D eigenvalue weighted by Crippen LogP contribution is 2.39. The maximum Gasteiger partial charge on any atom is 0.241 e. The van der Waals surface area contributed by atoms with Gasteiger partial charge in [0.05, 0.1) is 12.6 Å². The average Bonchev–Trinajstić information content (AvgIpc) is 3.18. The Bertz CT molecular complexity index is 884. The summed E-state index contributed by atoms with van der Waals surface area (Å²) in [6.45, 7) is 3.57. The van der Waals surface area contributed by atoms with Crippen LogP contribution in [-0.4, -0.2) is 49.6 Å². The monoisotopic (exact) mass is 398 g/mol. The number of rotatable bonds is 2. The maximum absolute atomic E-state index is 13.2. The smallest absolute Gasteiger partial charge is 0.241 e. The summed E-state index contributed by atoms with van der Waals surface area (Å²) >= 11 is 6.11. The molecule has 1 amide bonds. The number of benzene rings is 2. The standard InChI is InChI=1S/C21H23ClN4O2/c22-14-4-3-5-15(12-14)25-8-10-26(11-9-25)21(27)20-17-13-28-18-7-2-1-6-16(18)19(17)23-24-20/h1-7,12,17,19-20,23-24H,8-11,13H2. The third-order valence-electron chi connectivity index (χ3n) is 5.97. The highest BCUT2D eigenvalue weighted by molar-refractivity contribution is 6.30. The first-order valence-electron chi connectivity index (χ1n) is 9.73. The fraction of sp³-hybridized carbons (Fsp3) is 0.381. The number of anilines is 1. The Morgan fingerprint density at radius 1 is 1.04 bits per heavy atom. The fourth-order valence-corrected chi connectivity index (χ4v) is 4.63. The number of hydrogen-bond donors (Lipinski definition) is 2.